The molecular formula is C23H24F3NO6S. The molecular weight excluding hydrogens is 475 g/mol. The molecule has 0 radical (unpaired) electrons. The Balaban J connectivity index is 1.52. The summed E-state index contributed by atoms with van der Waals surface area (Å²) >= 11 is 0. The van der Waals surface area contributed by atoms with Crippen molar-refractivity contribution in [3.63, 3.8) is 0 Å². The van der Waals surface area contributed by atoms with Crippen LogP contribution < -0.4 is 4.90 Å². The molecule has 1 aromatic rings. The number of anilines is 1. The second-order valence-electron chi connectivity index (χ2n) is 9.21. The zero-order valence-electron chi connectivity index (χ0n) is 18.6. The highest BCUT2D eigenvalue weighted by molar-refractivity contribution is 7.95. The van der Waals surface area contributed by atoms with Crippen LogP contribution in [0.1, 0.15) is 32.6 Å². The second-order valence-corrected chi connectivity index (χ2v) is 11.5. The van der Waals surface area contributed by atoms with E-state index in [1.807, 2.05) is 0 Å². The molecule has 1 saturated heterocycles. The Hall–Kier alpha value is -2.82. The van der Waals surface area contributed by atoms with Crippen LogP contribution in [0.5, 0.6) is 0 Å². The SMILES string of the molecule is C=C(/C=C(\C)S(=O)(=O)[C@H]1C2CCC1C[C@]1(COC(=O)O1)C2)C(=O)N(C)c1cc(F)c(F)c(F)c1. The number of sulfone groups is 1. The van der Waals surface area contributed by atoms with E-state index in [1.54, 1.807) is 0 Å². The van der Waals surface area contributed by atoms with E-state index in [0.29, 0.717) is 37.8 Å². The maximum atomic E-state index is 13.5. The Morgan fingerprint density at radius 1 is 1.18 bits per heavy atom. The van der Waals surface area contributed by atoms with Gasteiger partial charge in [-0.2, -0.15) is 0 Å². The van der Waals surface area contributed by atoms with Gasteiger partial charge in [0.15, 0.2) is 32.9 Å². The first kappa shape index (κ1) is 24.3. The lowest BCUT2D eigenvalue weighted by Gasteiger charge is -2.39. The number of fused-ring (bicyclic) bond motifs is 2. The fraction of sp³-hybridized carbons (Fsp3) is 0.478. The standard InChI is InChI=1S/C23H24F3NO6S/c1-12(21(28)27(3)16-7-17(24)19(26)18(25)8-16)6-13(2)34(30,31)20-14-4-5-15(20)10-23(9-14)11-32-22(29)33-23/h6-8,14-15,20H,1,4-5,9-11H2,2-3H3/b13-6+/t14?,15?,20-,23-. The van der Waals surface area contributed by atoms with Crippen LogP contribution in [0.3, 0.4) is 0 Å². The summed E-state index contributed by atoms with van der Waals surface area (Å²) in [6.07, 6.45) is 2.51. The Bertz CT molecular complexity index is 1170. The number of ether oxygens (including phenoxy) is 2. The van der Waals surface area contributed by atoms with E-state index in [9.17, 15) is 31.2 Å². The highest BCUT2D eigenvalue weighted by atomic mass is 32.2. The number of carbonyl (C=O) groups excluding carboxylic acids is 2. The molecule has 2 atom stereocenters. The second kappa shape index (κ2) is 8.44. The van der Waals surface area contributed by atoms with Crippen molar-refractivity contribution >= 4 is 27.6 Å². The van der Waals surface area contributed by atoms with Crippen molar-refractivity contribution in [2.75, 3.05) is 18.6 Å². The molecule has 34 heavy (non-hydrogen) atoms. The van der Waals surface area contributed by atoms with Crippen molar-refractivity contribution in [3.05, 3.63) is 52.7 Å². The Morgan fingerprint density at radius 3 is 2.24 bits per heavy atom. The van der Waals surface area contributed by atoms with E-state index in [0.717, 1.165) is 11.0 Å². The van der Waals surface area contributed by atoms with Gasteiger partial charge in [-0.1, -0.05) is 6.58 Å². The molecule has 2 saturated carbocycles. The number of likely N-dealkylation sites (N-methyl/N-ethyl adjacent to an activating group) is 1. The largest absolute Gasteiger partial charge is 0.509 e. The smallest absolute Gasteiger partial charge is 0.430 e. The van der Waals surface area contributed by atoms with Crippen molar-refractivity contribution in [2.24, 2.45) is 11.8 Å². The van der Waals surface area contributed by atoms with Crippen molar-refractivity contribution < 1.29 is 40.7 Å². The molecule has 2 bridgehead atoms. The lowest BCUT2D eigenvalue weighted by atomic mass is 9.77. The average Bonchev–Trinajstić information content (AvgIpc) is 3.27. The quantitative estimate of drug-likeness (QED) is 0.263. The van der Waals surface area contributed by atoms with E-state index in [-0.39, 0.29) is 34.6 Å². The molecule has 4 rings (SSSR count). The molecule has 1 aliphatic heterocycles. The molecule has 1 heterocycles. The summed E-state index contributed by atoms with van der Waals surface area (Å²) in [5.74, 6) is -5.83. The summed E-state index contributed by atoms with van der Waals surface area (Å²) in [6.45, 7) is 5.10. The summed E-state index contributed by atoms with van der Waals surface area (Å²) in [4.78, 5) is 25.0. The monoisotopic (exact) mass is 499 g/mol. The van der Waals surface area contributed by atoms with Gasteiger partial charge in [-0.15, -0.1) is 0 Å². The van der Waals surface area contributed by atoms with Crippen LogP contribution >= 0.6 is 0 Å². The summed E-state index contributed by atoms with van der Waals surface area (Å²) in [6, 6.07) is 1.32. The van der Waals surface area contributed by atoms with E-state index in [4.69, 9.17) is 9.47 Å². The zero-order valence-corrected chi connectivity index (χ0v) is 19.5. The number of rotatable bonds is 5. The Labute approximate surface area is 195 Å². The summed E-state index contributed by atoms with van der Waals surface area (Å²) in [5, 5.41) is -0.686. The summed E-state index contributed by atoms with van der Waals surface area (Å²) in [5.41, 5.74) is -1.25. The van der Waals surface area contributed by atoms with E-state index in [1.165, 1.54) is 14.0 Å². The molecule has 1 spiro atoms. The minimum Gasteiger partial charge on any atom is -0.430 e. The van der Waals surface area contributed by atoms with Gasteiger partial charge in [0, 0.05) is 35.3 Å². The first-order chi connectivity index (χ1) is 15.8. The molecule has 0 aromatic heterocycles. The van der Waals surface area contributed by atoms with Crippen molar-refractivity contribution in [1.29, 1.82) is 0 Å². The third-order valence-corrected chi connectivity index (χ3v) is 9.48. The fourth-order valence-corrected chi connectivity index (χ4v) is 7.64. The van der Waals surface area contributed by atoms with Gasteiger partial charge in [0.1, 0.15) is 6.61 Å². The van der Waals surface area contributed by atoms with Crippen LogP contribution in [0.15, 0.2) is 35.3 Å². The highest BCUT2D eigenvalue weighted by Gasteiger charge is 2.58. The van der Waals surface area contributed by atoms with Crippen LogP contribution in [0.25, 0.3) is 0 Å². The minimum absolute atomic E-state index is 0.0618. The number of allylic oxidation sites excluding steroid dienone is 1. The summed E-state index contributed by atoms with van der Waals surface area (Å²) in [7, 11) is -2.61. The van der Waals surface area contributed by atoms with Gasteiger partial charge >= 0.3 is 6.16 Å². The molecule has 3 aliphatic rings. The molecule has 184 valence electrons. The van der Waals surface area contributed by atoms with Crippen LogP contribution in [0.4, 0.5) is 23.7 Å². The highest BCUT2D eigenvalue weighted by Crippen LogP contribution is 2.53. The molecule has 2 unspecified atom stereocenters. The fourth-order valence-electron chi connectivity index (χ4n) is 5.42. The topological polar surface area (TPSA) is 90.0 Å². The number of halogens is 3. The predicted octanol–water partition coefficient (Wildman–Crippen LogP) is 4.04. The van der Waals surface area contributed by atoms with E-state index in [2.05, 4.69) is 6.58 Å². The molecule has 1 amide bonds. The maximum absolute atomic E-state index is 13.5. The van der Waals surface area contributed by atoms with Crippen LogP contribution in [-0.4, -0.2) is 45.0 Å². The number of nitrogens with zero attached hydrogens (tertiary/aromatic N) is 1. The van der Waals surface area contributed by atoms with Gasteiger partial charge < -0.3 is 14.4 Å². The first-order valence-electron chi connectivity index (χ1n) is 10.7. The molecule has 0 N–H and O–H groups in total. The van der Waals surface area contributed by atoms with Gasteiger partial charge in [0.25, 0.3) is 5.91 Å². The third-order valence-electron chi connectivity index (χ3n) is 6.98. The van der Waals surface area contributed by atoms with Crippen LogP contribution in [-0.2, 0) is 24.1 Å². The first-order valence-corrected chi connectivity index (χ1v) is 12.3. The predicted molar refractivity (Wildman–Crippen MR) is 116 cm³/mol. The Kier molecular flexibility index (Phi) is 6.03. The lowest BCUT2D eigenvalue weighted by molar-refractivity contribution is -0.114. The average molecular weight is 500 g/mol. The van der Waals surface area contributed by atoms with Crippen LogP contribution in [0.2, 0.25) is 0 Å². The molecule has 7 nitrogen and oxygen atoms in total. The zero-order chi connectivity index (χ0) is 25.0. The number of benzene rings is 1. The van der Waals surface area contributed by atoms with Gasteiger partial charge in [-0.05, 0) is 50.5 Å². The summed E-state index contributed by atoms with van der Waals surface area (Å²) < 4.78 is 77.5. The van der Waals surface area contributed by atoms with Crippen molar-refractivity contribution in [2.45, 2.75) is 43.5 Å². The van der Waals surface area contributed by atoms with Crippen molar-refractivity contribution in [3.8, 4) is 0 Å². The van der Waals surface area contributed by atoms with Gasteiger partial charge in [-0.25, -0.2) is 26.4 Å². The van der Waals surface area contributed by atoms with Gasteiger partial charge in [0.2, 0.25) is 0 Å². The number of carbonyl (C=O) groups is 2. The normalized spacial score (nSPS) is 28.6. The molecule has 2 aliphatic carbocycles. The number of hydrogen-bond acceptors (Lipinski definition) is 6. The maximum Gasteiger partial charge on any atom is 0.509 e. The van der Waals surface area contributed by atoms with E-state index < -0.39 is 50.2 Å². The number of amides is 1. The van der Waals surface area contributed by atoms with Crippen molar-refractivity contribution in [1.82, 2.24) is 0 Å². The lowest BCUT2D eigenvalue weighted by Crippen LogP contribution is -2.47. The van der Waals surface area contributed by atoms with E-state index >= 15 is 0 Å². The molecule has 11 heteroatoms. The Morgan fingerprint density at radius 2 is 1.74 bits per heavy atom. The number of cyclic esters (lactones) is 1. The number of hydrogen-bond donors (Lipinski definition) is 0. The third kappa shape index (κ3) is 4.10. The van der Waals surface area contributed by atoms with Gasteiger partial charge in [0.05, 0.1) is 5.25 Å². The molecule has 3 fully saturated rings. The van der Waals surface area contributed by atoms with Crippen LogP contribution in [0, 0.1) is 29.3 Å². The minimum atomic E-state index is -3.82. The van der Waals surface area contributed by atoms with Gasteiger partial charge in [-0.3, -0.25) is 4.79 Å². The molecule has 1 aromatic carbocycles.